The van der Waals surface area contributed by atoms with Crippen LogP contribution in [-0.2, 0) is 0 Å². The van der Waals surface area contributed by atoms with E-state index in [1.165, 1.54) is 11.3 Å². The standard InChI is InChI=1S/C12H7Cl2N3OS/c13-6-3-7(14)5-8(4-6)18-10-9-1-2-19-11(9)17-12(15)16-10/h1-5H,(H2,15,16,17). The van der Waals surface area contributed by atoms with E-state index in [1.54, 1.807) is 18.2 Å². The number of rotatable bonds is 2. The minimum absolute atomic E-state index is 0.165. The van der Waals surface area contributed by atoms with Gasteiger partial charge < -0.3 is 10.5 Å². The van der Waals surface area contributed by atoms with Gasteiger partial charge >= 0.3 is 0 Å². The molecule has 0 fully saturated rings. The van der Waals surface area contributed by atoms with E-state index in [9.17, 15) is 0 Å². The van der Waals surface area contributed by atoms with Gasteiger partial charge in [0, 0.05) is 10.0 Å². The molecule has 0 aliphatic carbocycles. The Morgan fingerprint density at radius 3 is 2.58 bits per heavy atom. The van der Waals surface area contributed by atoms with Gasteiger partial charge in [0.05, 0.1) is 5.39 Å². The number of aromatic nitrogens is 2. The maximum Gasteiger partial charge on any atom is 0.232 e. The summed E-state index contributed by atoms with van der Waals surface area (Å²) in [4.78, 5) is 8.99. The van der Waals surface area contributed by atoms with Crippen molar-refractivity contribution in [1.82, 2.24) is 9.97 Å². The number of hydrogen-bond donors (Lipinski definition) is 1. The fourth-order valence-corrected chi connectivity index (χ4v) is 2.89. The third-order valence-corrected chi connectivity index (χ3v) is 3.60. The van der Waals surface area contributed by atoms with E-state index < -0.39 is 0 Å². The number of anilines is 1. The number of ether oxygens (including phenoxy) is 1. The largest absolute Gasteiger partial charge is 0.438 e. The van der Waals surface area contributed by atoms with Gasteiger partial charge in [-0.2, -0.15) is 4.98 Å². The van der Waals surface area contributed by atoms with E-state index in [1.807, 2.05) is 11.4 Å². The molecule has 0 bridgehead atoms. The SMILES string of the molecule is Nc1nc(Oc2cc(Cl)cc(Cl)c2)c2ccsc2n1. The summed E-state index contributed by atoms with van der Waals surface area (Å²) in [7, 11) is 0. The zero-order valence-corrected chi connectivity index (χ0v) is 11.8. The van der Waals surface area contributed by atoms with Crippen LogP contribution in [0.3, 0.4) is 0 Å². The van der Waals surface area contributed by atoms with Gasteiger partial charge in [-0.3, -0.25) is 0 Å². The van der Waals surface area contributed by atoms with Crippen molar-refractivity contribution >= 4 is 50.7 Å². The minimum atomic E-state index is 0.165. The molecule has 1 aromatic carbocycles. The Kier molecular flexibility index (Phi) is 3.18. The first-order valence-corrected chi connectivity index (χ1v) is 6.90. The number of nitrogens with two attached hydrogens (primary N) is 1. The van der Waals surface area contributed by atoms with Gasteiger partial charge in [-0.05, 0) is 29.6 Å². The number of hydrogen-bond acceptors (Lipinski definition) is 5. The average molecular weight is 312 g/mol. The van der Waals surface area contributed by atoms with Gasteiger partial charge in [-0.25, -0.2) is 4.98 Å². The zero-order valence-electron chi connectivity index (χ0n) is 9.43. The number of nitrogen functional groups attached to an aromatic ring is 1. The first kappa shape index (κ1) is 12.5. The summed E-state index contributed by atoms with van der Waals surface area (Å²) in [5.74, 6) is 1.06. The normalized spacial score (nSPS) is 10.8. The molecule has 0 atom stereocenters. The molecule has 2 N–H and O–H groups in total. The van der Waals surface area contributed by atoms with Crippen molar-refractivity contribution in [2.75, 3.05) is 5.73 Å². The number of benzene rings is 1. The van der Waals surface area contributed by atoms with Crippen LogP contribution in [-0.4, -0.2) is 9.97 Å². The van der Waals surface area contributed by atoms with Gasteiger partial charge in [0.1, 0.15) is 10.6 Å². The molecular weight excluding hydrogens is 305 g/mol. The Hall–Kier alpha value is -1.56. The van der Waals surface area contributed by atoms with E-state index in [-0.39, 0.29) is 5.95 Å². The lowest BCUT2D eigenvalue weighted by molar-refractivity contribution is 0.469. The lowest BCUT2D eigenvalue weighted by Crippen LogP contribution is -1.97. The lowest BCUT2D eigenvalue weighted by Gasteiger charge is -2.07. The Balaban J connectivity index is 2.07. The van der Waals surface area contributed by atoms with Gasteiger partial charge in [0.25, 0.3) is 0 Å². The van der Waals surface area contributed by atoms with Crippen LogP contribution < -0.4 is 10.5 Å². The highest BCUT2D eigenvalue weighted by Crippen LogP contribution is 2.33. The van der Waals surface area contributed by atoms with Crippen molar-refractivity contribution in [3.8, 4) is 11.6 Å². The van der Waals surface area contributed by atoms with Crippen molar-refractivity contribution in [1.29, 1.82) is 0 Å². The monoisotopic (exact) mass is 311 g/mol. The maximum atomic E-state index is 5.92. The molecule has 0 unspecified atom stereocenters. The van der Waals surface area contributed by atoms with Crippen molar-refractivity contribution < 1.29 is 4.74 Å². The van der Waals surface area contributed by atoms with Crippen molar-refractivity contribution in [3.05, 3.63) is 39.7 Å². The van der Waals surface area contributed by atoms with E-state index >= 15 is 0 Å². The summed E-state index contributed by atoms with van der Waals surface area (Å²) >= 11 is 13.3. The van der Waals surface area contributed by atoms with Crippen LogP contribution >= 0.6 is 34.5 Å². The first-order chi connectivity index (χ1) is 9.11. The van der Waals surface area contributed by atoms with Gasteiger partial charge in [-0.1, -0.05) is 23.2 Å². The predicted octanol–water partition coefficient (Wildman–Crippen LogP) is 4.37. The molecule has 0 aliphatic rings. The zero-order chi connectivity index (χ0) is 13.4. The number of nitrogens with zero attached hydrogens (tertiary/aromatic N) is 2. The summed E-state index contributed by atoms with van der Waals surface area (Å²) in [6.45, 7) is 0. The fraction of sp³-hybridized carbons (Fsp3) is 0. The molecule has 2 aromatic heterocycles. The molecule has 3 rings (SSSR count). The molecule has 0 aliphatic heterocycles. The third-order valence-electron chi connectivity index (χ3n) is 2.36. The van der Waals surface area contributed by atoms with Crippen molar-refractivity contribution in [2.45, 2.75) is 0 Å². The fourth-order valence-electron chi connectivity index (χ4n) is 1.62. The Morgan fingerprint density at radius 1 is 1.11 bits per heavy atom. The highest BCUT2D eigenvalue weighted by atomic mass is 35.5. The van der Waals surface area contributed by atoms with Crippen LogP contribution in [0.1, 0.15) is 0 Å². The van der Waals surface area contributed by atoms with Crippen LogP contribution in [0.5, 0.6) is 11.6 Å². The van der Waals surface area contributed by atoms with Crippen LogP contribution in [0.15, 0.2) is 29.6 Å². The third kappa shape index (κ3) is 2.58. The Morgan fingerprint density at radius 2 is 1.84 bits per heavy atom. The van der Waals surface area contributed by atoms with E-state index in [0.29, 0.717) is 21.7 Å². The lowest BCUT2D eigenvalue weighted by atomic mass is 10.3. The van der Waals surface area contributed by atoms with Gasteiger partial charge in [0.15, 0.2) is 0 Å². The molecule has 0 radical (unpaired) electrons. The maximum absolute atomic E-state index is 5.92. The van der Waals surface area contributed by atoms with Crippen LogP contribution in [0.4, 0.5) is 5.95 Å². The summed E-state index contributed by atoms with van der Waals surface area (Å²) < 4.78 is 5.70. The predicted molar refractivity (Wildman–Crippen MR) is 78.4 cm³/mol. The average Bonchev–Trinajstić information content (AvgIpc) is 2.75. The van der Waals surface area contributed by atoms with E-state index in [4.69, 9.17) is 33.7 Å². The van der Waals surface area contributed by atoms with Crippen molar-refractivity contribution in [2.24, 2.45) is 0 Å². The minimum Gasteiger partial charge on any atom is -0.438 e. The Labute approximate surface area is 122 Å². The molecule has 0 saturated carbocycles. The molecular formula is C12H7Cl2N3OS. The molecule has 3 aromatic rings. The molecule has 19 heavy (non-hydrogen) atoms. The first-order valence-electron chi connectivity index (χ1n) is 5.26. The number of fused-ring (bicyclic) bond motifs is 1. The Bertz CT molecular complexity index is 740. The summed E-state index contributed by atoms with van der Waals surface area (Å²) in [5.41, 5.74) is 5.65. The van der Waals surface area contributed by atoms with Crippen molar-refractivity contribution in [3.63, 3.8) is 0 Å². The molecule has 0 spiro atoms. The van der Waals surface area contributed by atoms with Crippen LogP contribution in [0, 0.1) is 0 Å². The van der Waals surface area contributed by atoms with Gasteiger partial charge in [-0.15, -0.1) is 11.3 Å². The second-order valence-corrected chi connectivity index (χ2v) is 5.50. The topological polar surface area (TPSA) is 61.0 Å². The van der Waals surface area contributed by atoms with Crippen LogP contribution in [0.25, 0.3) is 10.2 Å². The second kappa shape index (κ2) is 4.85. The smallest absolute Gasteiger partial charge is 0.232 e. The molecule has 7 heteroatoms. The summed E-state index contributed by atoms with van der Waals surface area (Å²) in [5, 5.41) is 3.68. The summed E-state index contributed by atoms with van der Waals surface area (Å²) in [6.07, 6.45) is 0. The van der Waals surface area contributed by atoms with E-state index in [0.717, 1.165) is 10.2 Å². The van der Waals surface area contributed by atoms with E-state index in [2.05, 4.69) is 9.97 Å². The quantitative estimate of drug-likeness (QED) is 0.763. The molecule has 0 amide bonds. The second-order valence-electron chi connectivity index (χ2n) is 3.73. The van der Waals surface area contributed by atoms with Gasteiger partial charge in [0.2, 0.25) is 11.8 Å². The molecule has 2 heterocycles. The summed E-state index contributed by atoms with van der Waals surface area (Å²) in [6, 6.07) is 6.82. The molecule has 4 nitrogen and oxygen atoms in total. The van der Waals surface area contributed by atoms with Crippen LogP contribution in [0.2, 0.25) is 10.0 Å². The number of thiophene rings is 1. The molecule has 96 valence electrons. The number of halogens is 2. The molecule has 0 saturated heterocycles. The highest BCUT2D eigenvalue weighted by Gasteiger charge is 2.10. The highest BCUT2D eigenvalue weighted by molar-refractivity contribution is 7.16.